The van der Waals surface area contributed by atoms with Crippen molar-refractivity contribution in [2.75, 3.05) is 6.54 Å². The summed E-state index contributed by atoms with van der Waals surface area (Å²) in [6, 6.07) is 8.01. The molecule has 0 radical (unpaired) electrons. The Morgan fingerprint density at radius 3 is 3.00 bits per heavy atom. The van der Waals surface area contributed by atoms with Gasteiger partial charge in [-0.3, -0.25) is 4.79 Å². The minimum Gasteiger partial charge on any atom is -0.379 e. The SMILES string of the molecule is Cc1[nH]c2ccccc2c1CCNC(=O)OC=O. The zero-order chi connectivity index (χ0) is 13.0. The van der Waals surface area contributed by atoms with Crippen LogP contribution in [0.25, 0.3) is 10.9 Å². The molecule has 1 amide bonds. The van der Waals surface area contributed by atoms with Crippen LogP contribution >= 0.6 is 0 Å². The minimum absolute atomic E-state index is 0.117. The van der Waals surface area contributed by atoms with E-state index in [2.05, 4.69) is 15.0 Å². The predicted octanol–water partition coefficient (Wildman–Crippen LogP) is 1.90. The quantitative estimate of drug-likeness (QED) is 0.639. The lowest BCUT2D eigenvalue weighted by Crippen LogP contribution is -2.26. The van der Waals surface area contributed by atoms with E-state index in [1.54, 1.807) is 0 Å². The van der Waals surface area contributed by atoms with Gasteiger partial charge in [0.1, 0.15) is 0 Å². The Kier molecular flexibility index (Phi) is 3.62. The lowest BCUT2D eigenvalue weighted by Gasteiger charge is -2.03. The summed E-state index contributed by atoms with van der Waals surface area (Å²) in [5.41, 5.74) is 3.33. The number of nitrogens with one attached hydrogen (secondary N) is 2. The van der Waals surface area contributed by atoms with E-state index < -0.39 is 6.09 Å². The minimum atomic E-state index is -0.720. The fraction of sp³-hybridized carbons (Fsp3) is 0.231. The van der Waals surface area contributed by atoms with Crippen LogP contribution in [0.3, 0.4) is 0 Å². The first kappa shape index (κ1) is 12.2. The standard InChI is InChI=1S/C13H14N2O3/c1-9-10(6-7-14-13(17)18-8-16)11-4-2-3-5-12(11)15-9/h2-5,8,15H,6-7H2,1H3,(H,14,17). The Morgan fingerprint density at radius 1 is 1.44 bits per heavy atom. The van der Waals surface area contributed by atoms with Gasteiger partial charge in [-0.1, -0.05) is 18.2 Å². The first-order valence-corrected chi connectivity index (χ1v) is 5.66. The highest BCUT2D eigenvalue weighted by Crippen LogP contribution is 2.21. The van der Waals surface area contributed by atoms with Gasteiger partial charge in [-0.05, 0) is 25.0 Å². The average Bonchev–Trinajstić information content (AvgIpc) is 2.66. The van der Waals surface area contributed by atoms with Crippen molar-refractivity contribution >= 4 is 23.5 Å². The molecule has 2 rings (SSSR count). The van der Waals surface area contributed by atoms with Gasteiger partial charge in [-0.15, -0.1) is 0 Å². The number of para-hydroxylation sites is 1. The summed E-state index contributed by atoms with van der Waals surface area (Å²) in [6.07, 6.45) is -0.0356. The van der Waals surface area contributed by atoms with Gasteiger partial charge < -0.3 is 15.0 Å². The lowest BCUT2D eigenvalue weighted by atomic mass is 10.1. The van der Waals surface area contributed by atoms with E-state index in [0.29, 0.717) is 13.0 Å². The number of rotatable bonds is 4. The van der Waals surface area contributed by atoms with E-state index >= 15 is 0 Å². The van der Waals surface area contributed by atoms with Crippen molar-refractivity contribution in [3.05, 3.63) is 35.5 Å². The number of H-pyrrole nitrogens is 1. The zero-order valence-electron chi connectivity index (χ0n) is 10.0. The summed E-state index contributed by atoms with van der Waals surface area (Å²) in [7, 11) is 0. The van der Waals surface area contributed by atoms with Crippen LogP contribution in [0.1, 0.15) is 11.3 Å². The number of aromatic amines is 1. The maximum Gasteiger partial charge on any atom is 0.414 e. The second-order valence-electron chi connectivity index (χ2n) is 3.95. The number of carbonyl (C=O) groups excluding carboxylic acids is 2. The first-order chi connectivity index (χ1) is 8.72. The van der Waals surface area contributed by atoms with Crippen LogP contribution in [-0.4, -0.2) is 24.1 Å². The molecule has 5 heteroatoms. The van der Waals surface area contributed by atoms with Crippen LogP contribution in [0.4, 0.5) is 4.79 Å². The molecular weight excluding hydrogens is 232 g/mol. The van der Waals surface area contributed by atoms with Crippen molar-refractivity contribution in [3.63, 3.8) is 0 Å². The topological polar surface area (TPSA) is 71.2 Å². The number of hydrogen-bond donors (Lipinski definition) is 2. The number of alkyl carbamates (subject to hydrolysis) is 1. The van der Waals surface area contributed by atoms with E-state index in [1.807, 2.05) is 31.2 Å². The number of fused-ring (bicyclic) bond motifs is 1. The lowest BCUT2D eigenvalue weighted by molar-refractivity contribution is -0.123. The highest BCUT2D eigenvalue weighted by atomic mass is 16.6. The fourth-order valence-corrected chi connectivity index (χ4v) is 2.03. The number of aryl methyl sites for hydroxylation is 1. The molecule has 18 heavy (non-hydrogen) atoms. The Balaban J connectivity index is 2.05. The monoisotopic (exact) mass is 246 g/mol. The van der Waals surface area contributed by atoms with E-state index in [4.69, 9.17) is 0 Å². The Labute approximate surface area is 104 Å². The highest BCUT2D eigenvalue weighted by molar-refractivity contribution is 5.84. The molecule has 0 fully saturated rings. The molecule has 2 aromatic rings. The molecule has 1 aromatic heterocycles. The molecule has 94 valence electrons. The van der Waals surface area contributed by atoms with Crippen molar-refractivity contribution in [2.45, 2.75) is 13.3 Å². The summed E-state index contributed by atoms with van der Waals surface area (Å²) in [5.74, 6) is 0. The smallest absolute Gasteiger partial charge is 0.379 e. The van der Waals surface area contributed by atoms with Gasteiger partial charge in [0.05, 0.1) is 0 Å². The van der Waals surface area contributed by atoms with Crippen LogP contribution in [0.2, 0.25) is 0 Å². The first-order valence-electron chi connectivity index (χ1n) is 5.66. The third-order valence-electron chi connectivity index (χ3n) is 2.83. The summed E-state index contributed by atoms with van der Waals surface area (Å²) < 4.78 is 4.14. The molecule has 0 saturated carbocycles. The van der Waals surface area contributed by atoms with Crippen LogP contribution in [-0.2, 0) is 16.0 Å². The average molecular weight is 246 g/mol. The molecule has 0 aliphatic heterocycles. The van der Waals surface area contributed by atoms with Crippen LogP contribution in [0, 0.1) is 6.92 Å². The number of hydrogen-bond acceptors (Lipinski definition) is 3. The molecule has 0 spiro atoms. The van der Waals surface area contributed by atoms with Gasteiger partial charge in [0.15, 0.2) is 0 Å². The van der Waals surface area contributed by atoms with E-state index in [1.165, 1.54) is 0 Å². The molecular formula is C13H14N2O3. The second-order valence-corrected chi connectivity index (χ2v) is 3.95. The molecule has 0 unspecified atom stereocenters. The molecule has 0 aliphatic carbocycles. The molecule has 2 N–H and O–H groups in total. The van der Waals surface area contributed by atoms with E-state index in [9.17, 15) is 9.59 Å². The van der Waals surface area contributed by atoms with E-state index in [0.717, 1.165) is 22.2 Å². The number of amides is 1. The van der Waals surface area contributed by atoms with Gasteiger partial charge in [-0.25, -0.2) is 4.79 Å². The number of aromatic nitrogens is 1. The van der Waals surface area contributed by atoms with Gasteiger partial charge in [0, 0.05) is 23.1 Å². The maximum atomic E-state index is 10.9. The Hall–Kier alpha value is -2.30. The van der Waals surface area contributed by atoms with Crippen molar-refractivity contribution in [1.29, 1.82) is 0 Å². The van der Waals surface area contributed by atoms with Crippen LogP contribution in [0.15, 0.2) is 24.3 Å². The number of carbonyl (C=O) groups is 2. The molecule has 0 saturated heterocycles. The normalized spacial score (nSPS) is 10.3. The van der Waals surface area contributed by atoms with Crippen LogP contribution < -0.4 is 5.32 Å². The van der Waals surface area contributed by atoms with Crippen molar-refractivity contribution in [1.82, 2.24) is 10.3 Å². The molecule has 1 heterocycles. The summed E-state index contributed by atoms with van der Waals surface area (Å²) in [5, 5.41) is 3.66. The zero-order valence-corrected chi connectivity index (χ0v) is 10.0. The fourth-order valence-electron chi connectivity index (χ4n) is 2.03. The highest BCUT2D eigenvalue weighted by Gasteiger charge is 2.08. The van der Waals surface area contributed by atoms with Crippen molar-refractivity contribution < 1.29 is 14.3 Å². The van der Waals surface area contributed by atoms with Crippen molar-refractivity contribution in [3.8, 4) is 0 Å². The molecule has 0 atom stereocenters. The maximum absolute atomic E-state index is 10.9. The van der Waals surface area contributed by atoms with Crippen LogP contribution in [0.5, 0.6) is 0 Å². The molecule has 1 aromatic carbocycles. The summed E-state index contributed by atoms with van der Waals surface area (Å²) >= 11 is 0. The largest absolute Gasteiger partial charge is 0.414 e. The van der Waals surface area contributed by atoms with Gasteiger partial charge in [0.2, 0.25) is 0 Å². The van der Waals surface area contributed by atoms with Gasteiger partial charge >= 0.3 is 12.6 Å². The second kappa shape index (κ2) is 5.35. The molecule has 5 nitrogen and oxygen atoms in total. The number of ether oxygens (including phenoxy) is 1. The molecule has 0 bridgehead atoms. The Morgan fingerprint density at radius 2 is 2.22 bits per heavy atom. The number of benzene rings is 1. The summed E-state index contributed by atoms with van der Waals surface area (Å²) in [4.78, 5) is 24.2. The van der Waals surface area contributed by atoms with Crippen molar-refractivity contribution in [2.24, 2.45) is 0 Å². The summed E-state index contributed by atoms with van der Waals surface area (Å²) in [6.45, 7) is 2.54. The molecule has 0 aliphatic rings. The van der Waals surface area contributed by atoms with E-state index in [-0.39, 0.29) is 6.47 Å². The third kappa shape index (κ3) is 2.51. The third-order valence-corrected chi connectivity index (χ3v) is 2.83. The Bertz CT molecular complexity index is 575. The van der Waals surface area contributed by atoms with Gasteiger partial charge in [0.25, 0.3) is 0 Å². The van der Waals surface area contributed by atoms with Gasteiger partial charge in [-0.2, -0.15) is 0 Å². The predicted molar refractivity (Wildman–Crippen MR) is 67.3 cm³/mol.